The molecular weight excluding hydrogens is 262 g/mol. The summed E-state index contributed by atoms with van der Waals surface area (Å²) in [6, 6.07) is 4.84. The molecule has 6 heteroatoms. The molecule has 0 atom stereocenters. The van der Waals surface area contributed by atoms with Gasteiger partial charge >= 0.3 is 0 Å². The monoisotopic (exact) mass is 277 g/mol. The summed E-state index contributed by atoms with van der Waals surface area (Å²) < 4.78 is 28.4. The van der Waals surface area contributed by atoms with Gasteiger partial charge in [-0.15, -0.1) is 0 Å². The molecule has 0 aliphatic carbocycles. The maximum absolute atomic E-state index is 11.5. The summed E-state index contributed by atoms with van der Waals surface area (Å²) in [7, 11) is -3.09. The predicted molar refractivity (Wildman–Crippen MR) is 70.3 cm³/mol. The minimum Gasteiger partial charge on any atom is -0.491 e. The summed E-state index contributed by atoms with van der Waals surface area (Å²) >= 11 is 5.88. The number of anilines is 1. The lowest BCUT2D eigenvalue weighted by Gasteiger charge is -2.10. The highest BCUT2D eigenvalue weighted by Gasteiger charge is 2.16. The number of nitrogens with two attached hydrogens (primary N) is 1. The molecule has 0 amide bonds. The zero-order chi connectivity index (χ0) is 13.1. The van der Waals surface area contributed by atoms with Gasteiger partial charge in [0.15, 0.2) is 9.84 Å². The fraction of sp³-hybridized carbons (Fsp3) is 0.455. The molecule has 0 saturated carbocycles. The molecule has 1 rings (SSSR count). The number of hydrogen-bond donors (Lipinski definition) is 1. The van der Waals surface area contributed by atoms with Crippen LogP contribution in [0.4, 0.5) is 5.69 Å². The van der Waals surface area contributed by atoms with Crippen LogP contribution in [0.5, 0.6) is 5.75 Å². The Bertz CT molecular complexity index is 485. The summed E-state index contributed by atoms with van der Waals surface area (Å²) in [5.41, 5.74) is 6.10. The Balaban J connectivity index is 2.60. The van der Waals surface area contributed by atoms with Crippen molar-refractivity contribution in [3.63, 3.8) is 0 Å². The van der Waals surface area contributed by atoms with Crippen LogP contribution in [-0.2, 0) is 9.84 Å². The molecule has 96 valence electrons. The van der Waals surface area contributed by atoms with Crippen LogP contribution in [0, 0.1) is 0 Å². The number of rotatable bonds is 5. The molecule has 1 aromatic rings. The normalized spacial score (nSPS) is 11.8. The Morgan fingerprint density at radius 2 is 2.06 bits per heavy atom. The number of benzene rings is 1. The van der Waals surface area contributed by atoms with Crippen LogP contribution in [0.2, 0.25) is 5.02 Å². The average Bonchev–Trinajstić information content (AvgIpc) is 2.22. The minimum absolute atomic E-state index is 0.0319. The quantitative estimate of drug-likeness (QED) is 0.837. The standard InChI is InChI=1S/C11H16ClNO3S/c1-8(2)17(14,15)6-5-16-11-7-9(13)3-4-10(11)12/h3-4,7-8H,5-6,13H2,1-2H3. The SMILES string of the molecule is CC(C)S(=O)(=O)CCOc1cc(N)ccc1Cl. The number of sulfone groups is 1. The Kier molecular flexibility index (Phi) is 4.65. The number of halogens is 1. The molecule has 0 aliphatic heterocycles. The van der Waals surface area contributed by atoms with E-state index in [0.717, 1.165) is 0 Å². The van der Waals surface area contributed by atoms with E-state index in [2.05, 4.69) is 0 Å². The van der Waals surface area contributed by atoms with Gasteiger partial charge in [-0.1, -0.05) is 11.6 Å². The van der Waals surface area contributed by atoms with E-state index < -0.39 is 15.1 Å². The average molecular weight is 278 g/mol. The molecule has 0 aromatic heterocycles. The van der Waals surface area contributed by atoms with E-state index in [1.165, 1.54) is 0 Å². The molecule has 0 fully saturated rings. The van der Waals surface area contributed by atoms with Crippen LogP contribution in [0.3, 0.4) is 0 Å². The van der Waals surface area contributed by atoms with Crippen molar-refractivity contribution in [2.75, 3.05) is 18.1 Å². The summed E-state index contributed by atoms with van der Waals surface area (Å²) in [6.07, 6.45) is 0. The van der Waals surface area contributed by atoms with Gasteiger partial charge in [0.05, 0.1) is 16.0 Å². The van der Waals surface area contributed by atoms with E-state index in [1.54, 1.807) is 32.0 Å². The van der Waals surface area contributed by atoms with Crippen molar-refractivity contribution < 1.29 is 13.2 Å². The third-order valence-electron chi connectivity index (χ3n) is 2.30. The molecule has 4 nitrogen and oxygen atoms in total. The van der Waals surface area contributed by atoms with Crippen LogP contribution in [0.15, 0.2) is 18.2 Å². The highest BCUT2D eigenvalue weighted by atomic mass is 35.5. The Morgan fingerprint density at radius 3 is 2.65 bits per heavy atom. The van der Waals surface area contributed by atoms with E-state index in [0.29, 0.717) is 16.5 Å². The summed E-state index contributed by atoms with van der Waals surface area (Å²) in [6.45, 7) is 3.36. The fourth-order valence-corrected chi connectivity index (χ4v) is 2.09. The van der Waals surface area contributed by atoms with Crippen LogP contribution >= 0.6 is 11.6 Å². The van der Waals surface area contributed by atoms with Crippen molar-refractivity contribution in [2.24, 2.45) is 0 Å². The van der Waals surface area contributed by atoms with Gasteiger partial charge in [0, 0.05) is 11.8 Å². The Morgan fingerprint density at radius 1 is 1.41 bits per heavy atom. The van der Waals surface area contributed by atoms with Gasteiger partial charge in [-0.05, 0) is 26.0 Å². The molecule has 0 heterocycles. The molecule has 0 spiro atoms. The first kappa shape index (κ1) is 14.1. The predicted octanol–water partition coefficient (Wildman–Crippen LogP) is 2.12. The van der Waals surface area contributed by atoms with Gasteiger partial charge in [-0.3, -0.25) is 0 Å². The maximum atomic E-state index is 11.5. The van der Waals surface area contributed by atoms with Gasteiger partial charge in [0.1, 0.15) is 12.4 Å². The van der Waals surface area contributed by atoms with E-state index in [-0.39, 0.29) is 12.4 Å². The first-order valence-electron chi connectivity index (χ1n) is 5.22. The first-order valence-corrected chi connectivity index (χ1v) is 7.31. The van der Waals surface area contributed by atoms with Gasteiger partial charge in [-0.2, -0.15) is 0 Å². The first-order chi connectivity index (χ1) is 7.83. The topological polar surface area (TPSA) is 69.4 Å². The summed E-state index contributed by atoms with van der Waals surface area (Å²) in [4.78, 5) is 0. The van der Waals surface area contributed by atoms with Crippen LogP contribution in [0.25, 0.3) is 0 Å². The Labute approximate surface area is 107 Å². The van der Waals surface area contributed by atoms with Crippen LogP contribution in [-0.4, -0.2) is 26.0 Å². The summed E-state index contributed by atoms with van der Waals surface area (Å²) in [5, 5.41) is 0.0172. The largest absolute Gasteiger partial charge is 0.491 e. The van der Waals surface area contributed by atoms with E-state index >= 15 is 0 Å². The minimum atomic E-state index is -3.09. The molecule has 0 bridgehead atoms. The van der Waals surface area contributed by atoms with Crippen LogP contribution < -0.4 is 10.5 Å². The second kappa shape index (κ2) is 5.60. The fourth-order valence-electron chi connectivity index (χ4n) is 1.13. The van der Waals surface area contributed by atoms with Gasteiger partial charge in [0.25, 0.3) is 0 Å². The molecule has 1 aromatic carbocycles. The van der Waals surface area contributed by atoms with Crippen molar-refractivity contribution in [2.45, 2.75) is 19.1 Å². The highest BCUT2D eigenvalue weighted by Crippen LogP contribution is 2.26. The van der Waals surface area contributed by atoms with Crippen molar-refractivity contribution in [3.05, 3.63) is 23.2 Å². The van der Waals surface area contributed by atoms with Gasteiger partial charge < -0.3 is 10.5 Å². The molecule has 0 unspecified atom stereocenters. The third kappa shape index (κ3) is 4.09. The maximum Gasteiger partial charge on any atom is 0.155 e. The summed E-state index contributed by atoms with van der Waals surface area (Å²) in [5.74, 6) is 0.376. The second-order valence-corrected chi connectivity index (χ2v) is 7.04. The van der Waals surface area contributed by atoms with E-state index in [9.17, 15) is 8.42 Å². The zero-order valence-electron chi connectivity index (χ0n) is 9.81. The lowest BCUT2D eigenvalue weighted by atomic mass is 10.3. The van der Waals surface area contributed by atoms with Gasteiger partial charge in [0.2, 0.25) is 0 Å². The number of nitrogen functional groups attached to an aromatic ring is 1. The molecule has 17 heavy (non-hydrogen) atoms. The number of hydrogen-bond acceptors (Lipinski definition) is 4. The zero-order valence-corrected chi connectivity index (χ0v) is 11.4. The van der Waals surface area contributed by atoms with E-state index in [4.69, 9.17) is 22.1 Å². The highest BCUT2D eigenvalue weighted by molar-refractivity contribution is 7.91. The molecule has 0 aliphatic rings. The molecular formula is C11H16ClNO3S. The molecule has 0 saturated heterocycles. The van der Waals surface area contributed by atoms with Gasteiger partial charge in [-0.25, -0.2) is 8.42 Å². The van der Waals surface area contributed by atoms with E-state index in [1.807, 2.05) is 0 Å². The van der Waals surface area contributed by atoms with Crippen molar-refractivity contribution in [1.29, 1.82) is 0 Å². The van der Waals surface area contributed by atoms with Crippen molar-refractivity contribution in [1.82, 2.24) is 0 Å². The number of ether oxygens (including phenoxy) is 1. The van der Waals surface area contributed by atoms with Crippen molar-refractivity contribution in [3.8, 4) is 5.75 Å². The lowest BCUT2D eigenvalue weighted by molar-refractivity contribution is 0.341. The second-order valence-electron chi connectivity index (χ2n) is 3.95. The third-order valence-corrected chi connectivity index (χ3v) is 4.78. The van der Waals surface area contributed by atoms with Crippen LogP contribution in [0.1, 0.15) is 13.8 Å². The Hall–Kier alpha value is -0.940. The van der Waals surface area contributed by atoms with Crippen molar-refractivity contribution >= 4 is 27.1 Å². The lowest BCUT2D eigenvalue weighted by Crippen LogP contribution is -2.22. The molecule has 2 N–H and O–H groups in total. The molecule has 0 radical (unpaired) electrons. The smallest absolute Gasteiger partial charge is 0.155 e.